The summed E-state index contributed by atoms with van der Waals surface area (Å²) in [6, 6.07) is 1.66. The zero-order valence-corrected chi connectivity index (χ0v) is 7.42. The number of hydrogen-bond donors (Lipinski definition) is 2. The van der Waals surface area contributed by atoms with Crippen molar-refractivity contribution in [3.63, 3.8) is 0 Å². The van der Waals surface area contributed by atoms with E-state index in [0.29, 0.717) is 0 Å². The van der Waals surface area contributed by atoms with Crippen LogP contribution in [0.2, 0.25) is 0 Å². The Morgan fingerprint density at radius 3 is 2.57 bits per heavy atom. The largest absolute Gasteiger partial charge is 0.351 e. The van der Waals surface area contributed by atoms with E-state index >= 15 is 0 Å². The van der Waals surface area contributed by atoms with Gasteiger partial charge in [-0.25, -0.2) is 18.6 Å². The van der Waals surface area contributed by atoms with Crippen molar-refractivity contribution < 1.29 is 13.6 Å². The minimum atomic E-state index is -2.93. The van der Waals surface area contributed by atoms with Gasteiger partial charge in [-0.2, -0.15) is 0 Å². The van der Waals surface area contributed by atoms with E-state index < -0.39 is 12.0 Å². The molecule has 1 aromatic rings. The number of amides is 2. The Bertz CT molecular complexity index is 331. The highest BCUT2D eigenvalue weighted by molar-refractivity contribution is 5.86. The molecule has 14 heavy (non-hydrogen) atoms. The van der Waals surface area contributed by atoms with E-state index in [1.807, 2.05) is 0 Å². The molecular formula is C8H9F2N3O. The Morgan fingerprint density at radius 1 is 1.57 bits per heavy atom. The number of nitrogens with one attached hydrogen (secondary N) is 1. The lowest BCUT2D eigenvalue weighted by Crippen LogP contribution is -2.20. The fourth-order valence-corrected chi connectivity index (χ4v) is 0.854. The number of nitrogens with two attached hydrogens (primary N) is 1. The standard InChI is InChI=1S/C8H9F2N3O/c1-8(9,10)5-2-3-6(12-4-5)13-7(11)14/h2-4H,1H3,(H3,11,12,13,14). The lowest BCUT2D eigenvalue weighted by molar-refractivity contribution is 0.0171. The van der Waals surface area contributed by atoms with Crippen molar-refractivity contribution in [2.75, 3.05) is 5.32 Å². The van der Waals surface area contributed by atoms with Gasteiger partial charge in [0.1, 0.15) is 5.82 Å². The molecule has 3 N–H and O–H groups in total. The third-order valence-corrected chi connectivity index (χ3v) is 1.52. The molecular weight excluding hydrogens is 192 g/mol. The molecule has 0 radical (unpaired) electrons. The zero-order chi connectivity index (χ0) is 10.8. The predicted octanol–water partition coefficient (Wildman–Crippen LogP) is 1.68. The van der Waals surface area contributed by atoms with Crippen molar-refractivity contribution in [3.8, 4) is 0 Å². The normalized spacial score (nSPS) is 11.1. The van der Waals surface area contributed by atoms with Crippen LogP contribution in [0.15, 0.2) is 18.3 Å². The maximum Gasteiger partial charge on any atom is 0.317 e. The highest BCUT2D eigenvalue weighted by atomic mass is 19.3. The van der Waals surface area contributed by atoms with Crippen molar-refractivity contribution >= 4 is 11.8 Å². The number of primary amides is 1. The molecule has 0 spiro atoms. The van der Waals surface area contributed by atoms with Gasteiger partial charge in [-0.15, -0.1) is 0 Å². The Kier molecular flexibility index (Phi) is 2.64. The summed E-state index contributed by atoms with van der Waals surface area (Å²) in [4.78, 5) is 14.0. The Balaban J connectivity index is 2.84. The summed E-state index contributed by atoms with van der Waals surface area (Å²) < 4.78 is 25.4. The number of carbonyl (C=O) groups is 1. The van der Waals surface area contributed by atoms with Crippen molar-refractivity contribution in [3.05, 3.63) is 23.9 Å². The van der Waals surface area contributed by atoms with E-state index in [-0.39, 0.29) is 11.4 Å². The van der Waals surface area contributed by atoms with Crippen LogP contribution in [0.3, 0.4) is 0 Å². The van der Waals surface area contributed by atoms with Gasteiger partial charge in [0.15, 0.2) is 0 Å². The second kappa shape index (κ2) is 3.57. The molecule has 6 heteroatoms. The van der Waals surface area contributed by atoms with Crippen molar-refractivity contribution in [2.24, 2.45) is 5.73 Å². The van der Waals surface area contributed by atoms with Gasteiger partial charge in [0.05, 0.1) is 0 Å². The molecule has 0 unspecified atom stereocenters. The number of nitrogens with zero attached hydrogens (tertiary/aromatic N) is 1. The van der Waals surface area contributed by atoms with Crippen LogP contribution in [0.5, 0.6) is 0 Å². The smallest absolute Gasteiger partial charge is 0.317 e. The van der Waals surface area contributed by atoms with Crippen LogP contribution in [0, 0.1) is 0 Å². The molecule has 0 aromatic carbocycles. The highest BCUT2D eigenvalue weighted by Gasteiger charge is 2.24. The molecule has 1 aromatic heterocycles. The fourth-order valence-electron chi connectivity index (χ4n) is 0.854. The Morgan fingerprint density at radius 2 is 2.21 bits per heavy atom. The number of rotatable bonds is 2. The summed E-state index contributed by atoms with van der Waals surface area (Å²) in [5.74, 6) is -2.79. The molecule has 0 aliphatic carbocycles. The molecule has 0 atom stereocenters. The van der Waals surface area contributed by atoms with Crippen molar-refractivity contribution in [1.82, 2.24) is 4.98 Å². The van der Waals surface area contributed by atoms with Crippen LogP contribution in [-0.2, 0) is 5.92 Å². The summed E-state index contributed by atoms with van der Waals surface area (Å²) in [5.41, 5.74) is 4.59. The first-order valence-electron chi connectivity index (χ1n) is 3.80. The first kappa shape index (κ1) is 10.4. The zero-order valence-electron chi connectivity index (χ0n) is 7.42. The molecule has 0 bridgehead atoms. The molecule has 0 saturated heterocycles. The van der Waals surface area contributed by atoms with Crippen LogP contribution in [-0.4, -0.2) is 11.0 Å². The predicted molar refractivity (Wildman–Crippen MR) is 47.0 cm³/mol. The van der Waals surface area contributed by atoms with Crippen LogP contribution in [0.1, 0.15) is 12.5 Å². The van der Waals surface area contributed by atoms with Crippen molar-refractivity contribution in [2.45, 2.75) is 12.8 Å². The monoisotopic (exact) mass is 201 g/mol. The molecule has 1 rings (SSSR count). The number of alkyl halides is 2. The topological polar surface area (TPSA) is 68.0 Å². The Labute approximate surface area is 79.1 Å². The van der Waals surface area contributed by atoms with Gasteiger partial charge >= 0.3 is 6.03 Å². The first-order chi connectivity index (χ1) is 6.39. The number of anilines is 1. The second-order valence-electron chi connectivity index (χ2n) is 2.81. The van der Waals surface area contributed by atoms with E-state index in [9.17, 15) is 13.6 Å². The summed E-state index contributed by atoms with van der Waals surface area (Å²) in [5, 5.41) is 2.17. The quantitative estimate of drug-likeness (QED) is 0.764. The molecule has 0 aliphatic heterocycles. The van der Waals surface area contributed by atoms with Gasteiger partial charge in [0, 0.05) is 18.7 Å². The minimum absolute atomic E-state index is 0.144. The lowest BCUT2D eigenvalue weighted by Gasteiger charge is -2.09. The SMILES string of the molecule is CC(F)(F)c1ccc(NC(N)=O)nc1. The van der Waals surface area contributed by atoms with Gasteiger partial charge in [-0.1, -0.05) is 0 Å². The summed E-state index contributed by atoms with van der Waals surface area (Å²) in [6.07, 6.45) is 0.991. The van der Waals surface area contributed by atoms with E-state index in [4.69, 9.17) is 5.73 Å². The van der Waals surface area contributed by atoms with E-state index in [2.05, 4.69) is 10.3 Å². The van der Waals surface area contributed by atoms with Crippen LogP contribution in [0.4, 0.5) is 19.4 Å². The van der Waals surface area contributed by atoms with Gasteiger partial charge < -0.3 is 5.73 Å². The highest BCUT2D eigenvalue weighted by Crippen LogP contribution is 2.26. The Hall–Kier alpha value is -1.72. The lowest BCUT2D eigenvalue weighted by atomic mass is 10.2. The number of pyridine rings is 1. The third-order valence-electron chi connectivity index (χ3n) is 1.52. The second-order valence-corrected chi connectivity index (χ2v) is 2.81. The average molecular weight is 201 g/mol. The molecule has 1 heterocycles. The summed E-state index contributed by atoms with van der Waals surface area (Å²) >= 11 is 0. The van der Waals surface area contributed by atoms with Crippen molar-refractivity contribution in [1.29, 1.82) is 0 Å². The van der Waals surface area contributed by atoms with Gasteiger partial charge in [-0.05, 0) is 12.1 Å². The third kappa shape index (κ3) is 2.65. The molecule has 2 amide bonds. The molecule has 76 valence electrons. The first-order valence-corrected chi connectivity index (χ1v) is 3.80. The summed E-state index contributed by atoms with van der Waals surface area (Å²) in [6.45, 7) is 0.769. The molecule has 4 nitrogen and oxygen atoms in total. The number of aromatic nitrogens is 1. The van der Waals surface area contributed by atoms with Crippen LogP contribution in [0.25, 0.3) is 0 Å². The van der Waals surface area contributed by atoms with E-state index in [1.54, 1.807) is 0 Å². The van der Waals surface area contributed by atoms with Gasteiger partial charge in [0.25, 0.3) is 5.92 Å². The van der Waals surface area contributed by atoms with E-state index in [1.165, 1.54) is 12.1 Å². The number of urea groups is 1. The average Bonchev–Trinajstić information content (AvgIpc) is 2.02. The van der Waals surface area contributed by atoms with Gasteiger partial charge in [0.2, 0.25) is 0 Å². The van der Waals surface area contributed by atoms with Crippen LogP contribution < -0.4 is 11.1 Å². The summed E-state index contributed by atoms with van der Waals surface area (Å²) in [7, 11) is 0. The number of hydrogen-bond acceptors (Lipinski definition) is 2. The maximum atomic E-state index is 12.7. The van der Waals surface area contributed by atoms with E-state index in [0.717, 1.165) is 13.1 Å². The number of halogens is 2. The van der Waals surface area contributed by atoms with Crippen LogP contribution >= 0.6 is 0 Å². The number of carbonyl (C=O) groups excluding carboxylic acids is 1. The fraction of sp³-hybridized carbons (Fsp3) is 0.250. The molecule has 0 aliphatic rings. The molecule has 0 fully saturated rings. The van der Waals surface area contributed by atoms with Gasteiger partial charge in [-0.3, -0.25) is 5.32 Å². The molecule has 0 saturated carbocycles. The maximum absolute atomic E-state index is 12.7. The minimum Gasteiger partial charge on any atom is -0.351 e.